The number of anilines is 1. The molecule has 0 spiro atoms. The number of carbonyl (C=O) groups excluding carboxylic acids is 1. The van der Waals surface area contributed by atoms with Crippen LogP contribution in [0.2, 0.25) is 5.02 Å². The van der Waals surface area contributed by atoms with Gasteiger partial charge in [-0.05, 0) is 31.0 Å². The molecule has 0 aromatic carbocycles. The molecule has 3 aromatic heterocycles. The molecule has 0 radical (unpaired) electrons. The minimum Gasteiger partial charge on any atom is -0.369 e. The quantitative estimate of drug-likeness (QED) is 0.776. The van der Waals surface area contributed by atoms with Gasteiger partial charge in [-0.2, -0.15) is 0 Å². The van der Waals surface area contributed by atoms with Crippen LogP contribution in [0.25, 0.3) is 17.2 Å². The summed E-state index contributed by atoms with van der Waals surface area (Å²) in [4.78, 5) is 27.0. The summed E-state index contributed by atoms with van der Waals surface area (Å²) in [5, 5.41) is 0.614. The molecule has 1 atom stereocenters. The molecule has 1 aliphatic rings. The highest BCUT2D eigenvalue weighted by atomic mass is 35.5. The first kappa shape index (κ1) is 15.8. The molecule has 25 heavy (non-hydrogen) atoms. The number of hydrogen-bond acceptors (Lipinski definition) is 5. The lowest BCUT2D eigenvalue weighted by molar-refractivity contribution is -0.122. The van der Waals surface area contributed by atoms with Crippen LogP contribution in [-0.4, -0.2) is 38.3 Å². The van der Waals surface area contributed by atoms with Crippen molar-refractivity contribution in [2.24, 2.45) is 11.7 Å². The first-order valence-electron chi connectivity index (χ1n) is 8.12. The fourth-order valence-electron chi connectivity index (χ4n) is 3.19. The SMILES string of the molecule is NC(=O)[C@H]1CCCN(c2ccnc(-c3cnc4ccc(Cl)cn34)n2)C1. The Balaban J connectivity index is 1.69. The molecule has 2 N–H and O–H groups in total. The molecule has 0 saturated carbocycles. The second kappa shape index (κ2) is 6.33. The van der Waals surface area contributed by atoms with E-state index in [4.69, 9.17) is 17.3 Å². The predicted molar refractivity (Wildman–Crippen MR) is 95.4 cm³/mol. The van der Waals surface area contributed by atoms with E-state index in [9.17, 15) is 4.79 Å². The highest BCUT2D eigenvalue weighted by Crippen LogP contribution is 2.24. The Morgan fingerprint density at radius 1 is 1.28 bits per heavy atom. The molecule has 1 saturated heterocycles. The highest BCUT2D eigenvalue weighted by molar-refractivity contribution is 6.30. The van der Waals surface area contributed by atoms with E-state index in [1.807, 2.05) is 16.5 Å². The topological polar surface area (TPSA) is 89.4 Å². The van der Waals surface area contributed by atoms with Crippen LogP contribution in [0.1, 0.15) is 12.8 Å². The van der Waals surface area contributed by atoms with Crippen molar-refractivity contribution < 1.29 is 4.79 Å². The van der Waals surface area contributed by atoms with Crippen molar-refractivity contribution in [2.75, 3.05) is 18.0 Å². The number of rotatable bonds is 3. The van der Waals surface area contributed by atoms with Crippen molar-refractivity contribution in [3.05, 3.63) is 41.8 Å². The van der Waals surface area contributed by atoms with Gasteiger partial charge in [0, 0.05) is 25.5 Å². The molecular formula is C17H17ClN6O. The maximum Gasteiger partial charge on any atom is 0.222 e. The fraction of sp³-hybridized carbons (Fsp3) is 0.294. The summed E-state index contributed by atoms with van der Waals surface area (Å²) in [7, 11) is 0. The third-order valence-corrected chi connectivity index (χ3v) is 4.71. The highest BCUT2D eigenvalue weighted by Gasteiger charge is 2.25. The molecule has 0 bridgehead atoms. The third-order valence-electron chi connectivity index (χ3n) is 4.49. The van der Waals surface area contributed by atoms with Crippen LogP contribution < -0.4 is 10.6 Å². The number of primary amides is 1. The second-order valence-corrected chi connectivity index (χ2v) is 6.58. The first-order valence-corrected chi connectivity index (χ1v) is 8.50. The van der Waals surface area contributed by atoms with E-state index in [1.165, 1.54) is 0 Å². The number of amides is 1. The minimum absolute atomic E-state index is 0.137. The molecule has 7 nitrogen and oxygen atoms in total. The molecule has 1 amide bonds. The average Bonchev–Trinajstić information content (AvgIpc) is 3.05. The summed E-state index contributed by atoms with van der Waals surface area (Å²) in [5.41, 5.74) is 7.01. The van der Waals surface area contributed by atoms with Gasteiger partial charge in [0.25, 0.3) is 0 Å². The van der Waals surface area contributed by atoms with Crippen LogP contribution in [0.5, 0.6) is 0 Å². The normalized spacial score (nSPS) is 17.8. The van der Waals surface area contributed by atoms with Crippen molar-refractivity contribution >= 4 is 29.0 Å². The van der Waals surface area contributed by atoms with Crippen molar-refractivity contribution in [3.8, 4) is 11.5 Å². The van der Waals surface area contributed by atoms with Gasteiger partial charge >= 0.3 is 0 Å². The van der Waals surface area contributed by atoms with Gasteiger partial charge in [-0.1, -0.05) is 11.6 Å². The van der Waals surface area contributed by atoms with Crippen LogP contribution in [0.15, 0.2) is 36.8 Å². The van der Waals surface area contributed by atoms with Crippen LogP contribution in [0.4, 0.5) is 5.82 Å². The zero-order chi connectivity index (χ0) is 17.4. The summed E-state index contributed by atoms with van der Waals surface area (Å²) >= 11 is 6.09. The van der Waals surface area contributed by atoms with Crippen molar-refractivity contribution in [3.63, 3.8) is 0 Å². The lowest BCUT2D eigenvalue weighted by atomic mass is 9.97. The zero-order valence-electron chi connectivity index (χ0n) is 13.5. The number of halogens is 1. The van der Waals surface area contributed by atoms with Crippen LogP contribution in [0, 0.1) is 5.92 Å². The predicted octanol–water partition coefficient (Wildman–Crippen LogP) is 2.15. The standard InChI is InChI=1S/C17H17ClN6O/c18-12-3-4-14-21-8-13(24(14)10-12)17-20-6-5-15(22-17)23-7-1-2-11(9-23)16(19)25/h3-6,8,10-11H,1-2,7,9H2,(H2,19,25)/t11-/m0/s1. The van der Waals surface area contributed by atoms with E-state index >= 15 is 0 Å². The zero-order valence-corrected chi connectivity index (χ0v) is 14.2. The van der Waals surface area contributed by atoms with Crippen LogP contribution in [0.3, 0.4) is 0 Å². The van der Waals surface area contributed by atoms with E-state index in [1.54, 1.807) is 24.7 Å². The summed E-state index contributed by atoms with van der Waals surface area (Å²) in [6, 6.07) is 5.49. The molecular weight excluding hydrogens is 340 g/mol. The number of piperidine rings is 1. The van der Waals surface area contributed by atoms with Crippen LogP contribution >= 0.6 is 11.6 Å². The molecule has 0 aliphatic carbocycles. The minimum atomic E-state index is -0.254. The van der Waals surface area contributed by atoms with Gasteiger partial charge in [0.15, 0.2) is 5.82 Å². The molecule has 4 heterocycles. The van der Waals surface area contributed by atoms with E-state index in [-0.39, 0.29) is 11.8 Å². The molecule has 4 rings (SSSR count). The Morgan fingerprint density at radius 3 is 3.00 bits per heavy atom. The summed E-state index contributed by atoms with van der Waals surface area (Å²) in [6.45, 7) is 1.43. The molecule has 1 aliphatic heterocycles. The van der Waals surface area contributed by atoms with E-state index in [0.717, 1.165) is 36.5 Å². The van der Waals surface area contributed by atoms with E-state index in [0.29, 0.717) is 17.4 Å². The number of carbonyl (C=O) groups is 1. The Kier molecular flexibility index (Phi) is 4.01. The van der Waals surface area contributed by atoms with Gasteiger partial charge in [-0.3, -0.25) is 9.20 Å². The van der Waals surface area contributed by atoms with Crippen molar-refractivity contribution in [2.45, 2.75) is 12.8 Å². The number of pyridine rings is 1. The summed E-state index contributed by atoms with van der Waals surface area (Å²) in [6.07, 6.45) is 6.98. The van der Waals surface area contributed by atoms with Gasteiger partial charge in [-0.15, -0.1) is 0 Å². The maximum atomic E-state index is 11.5. The largest absolute Gasteiger partial charge is 0.369 e. The fourth-order valence-corrected chi connectivity index (χ4v) is 3.35. The number of hydrogen-bond donors (Lipinski definition) is 1. The summed E-state index contributed by atoms with van der Waals surface area (Å²) in [5.74, 6) is 0.957. The van der Waals surface area contributed by atoms with Gasteiger partial charge in [0.1, 0.15) is 17.2 Å². The molecule has 0 unspecified atom stereocenters. The Morgan fingerprint density at radius 2 is 2.16 bits per heavy atom. The van der Waals surface area contributed by atoms with E-state index in [2.05, 4.69) is 19.9 Å². The number of fused-ring (bicyclic) bond motifs is 1. The summed E-state index contributed by atoms with van der Waals surface area (Å²) < 4.78 is 1.86. The monoisotopic (exact) mass is 356 g/mol. The number of nitrogens with zero attached hydrogens (tertiary/aromatic N) is 5. The lowest BCUT2D eigenvalue weighted by Crippen LogP contribution is -2.41. The molecule has 128 valence electrons. The smallest absolute Gasteiger partial charge is 0.222 e. The molecule has 1 fully saturated rings. The van der Waals surface area contributed by atoms with Gasteiger partial charge in [-0.25, -0.2) is 15.0 Å². The first-order chi connectivity index (χ1) is 12.1. The number of nitrogens with two attached hydrogens (primary N) is 1. The number of aromatic nitrogens is 4. The second-order valence-electron chi connectivity index (χ2n) is 6.14. The third kappa shape index (κ3) is 3.02. The van der Waals surface area contributed by atoms with Crippen LogP contribution in [-0.2, 0) is 4.79 Å². The number of imidazole rings is 1. The Hall–Kier alpha value is -2.67. The van der Waals surface area contributed by atoms with Gasteiger partial charge < -0.3 is 10.6 Å². The van der Waals surface area contributed by atoms with Crippen molar-refractivity contribution in [1.29, 1.82) is 0 Å². The average molecular weight is 357 g/mol. The molecule has 8 heteroatoms. The van der Waals surface area contributed by atoms with Gasteiger partial charge in [0.2, 0.25) is 5.91 Å². The van der Waals surface area contributed by atoms with E-state index < -0.39 is 0 Å². The lowest BCUT2D eigenvalue weighted by Gasteiger charge is -2.32. The Labute approximate surface area is 149 Å². The van der Waals surface area contributed by atoms with Gasteiger partial charge in [0.05, 0.1) is 17.1 Å². The molecule has 3 aromatic rings. The van der Waals surface area contributed by atoms with Crippen molar-refractivity contribution in [1.82, 2.24) is 19.4 Å². The Bertz CT molecular complexity index is 940. The maximum absolute atomic E-state index is 11.5.